The van der Waals surface area contributed by atoms with Gasteiger partial charge in [-0.1, -0.05) is 17.7 Å². The summed E-state index contributed by atoms with van der Waals surface area (Å²) >= 11 is 7.49. The molecule has 0 atom stereocenters. The first-order valence-corrected chi connectivity index (χ1v) is 8.20. The monoisotopic (exact) mass is 349 g/mol. The molecule has 0 fully saturated rings. The number of hydrogen-bond acceptors (Lipinski definition) is 3. The maximum atomic E-state index is 13.0. The normalized spacial score (nSPS) is 10.7. The molecule has 0 aliphatic heterocycles. The number of carbonyl (C=O) groups excluding carboxylic acids is 1. The predicted octanol–water partition coefficient (Wildman–Crippen LogP) is 3.83. The number of nitrogens with one attached hydrogen (secondary N) is 1. The van der Waals surface area contributed by atoms with Crippen LogP contribution < -0.4 is 5.32 Å². The molecule has 0 spiro atoms. The van der Waals surface area contributed by atoms with Crippen LogP contribution in [0.15, 0.2) is 48.0 Å². The second kappa shape index (κ2) is 6.93. The van der Waals surface area contributed by atoms with Crippen LogP contribution in [0.5, 0.6) is 0 Å². The van der Waals surface area contributed by atoms with E-state index in [1.54, 1.807) is 16.0 Å². The number of benzene rings is 1. The van der Waals surface area contributed by atoms with Gasteiger partial charge in [-0.15, -0.1) is 11.3 Å². The van der Waals surface area contributed by atoms with Gasteiger partial charge in [-0.25, -0.2) is 4.39 Å². The van der Waals surface area contributed by atoms with E-state index >= 15 is 0 Å². The van der Waals surface area contributed by atoms with Gasteiger partial charge in [0.1, 0.15) is 11.5 Å². The minimum Gasteiger partial charge on any atom is -0.350 e. The molecule has 0 bridgehead atoms. The first-order chi connectivity index (χ1) is 11.1. The third-order valence-corrected chi connectivity index (χ3v) is 4.42. The van der Waals surface area contributed by atoms with Gasteiger partial charge in [-0.05, 0) is 35.7 Å². The van der Waals surface area contributed by atoms with E-state index in [-0.39, 0.29) is 16.5 Å². The molecule has 23 heavy (non-hydrogen) atoms. The quantitative estimate of drug-likeness (QED) is 0.760. The fraction of sp³-hybridized carbons (Fsp3) is 0.125. The molecule has 4 nitrogen and oxygen atoms in total. The summed E-state index contributed by atoms with van der Waals surface area (Å²) in [6, 6.07) is 9.63. The molecule has 1 amide bonds. The number of halogens is 2. The molecule has 118 valence electrons. The highest BCUT2D eigenvalue weighted by Gasteiger charge is 2.10. The molecular weight excluding hydrogens is 337 g/mol. The van der Waals surface area contributed by atoms with Crippen molar-refractivity contribution in [3.05, 3.63) is 64.4 Å². The standard InChI is InChI=1S/C16H13ClFN3OS/c17-13-10-11(18)3-4-12(13)16(22)19-6-8-21-7-5-14(20-21)15-2-1-9-23-15/h1-5,7,9-10H,6,8H2,(H,19,22). The number of carbonyl (C=O) groups is 1. The first kappa shape index (κ1) is 15.7. The molecule has 3 aromatic rings. The number of amides is 1. The lowest BCUT2D eigenvalue weighted by Gasteiger charge is -2.07. The van der Waals surface area contributed by atoms with Crippen LogP contribution in [-0.2, 0) is 6.54 Å². The molecule has 0 saturated carbocycles. The number of hydrogen-bond donors (Lipinski definition) is 1. The minimum absolute atomic E-state index is 0.0987. The fourth-order valence-electron chi connectivity index (χ4n) is 2.09. The summed E-state index contributed by atoms with van der Waals surface area (Å²) in [6.45, 7) is 0.939. The summed E-state index contributed by atoms with van der Waals surface area (Å²) in [5, 5.41) is 9.30. The summed E-state index contributed by atoms with van der Waals surface area (Å²) < 4.78 is 14.7. The van der Waals surface area contributed by atoms with E-state index in [1.807, 2.05) is 29.8 Å². The summed E-state index contributed by atoms with van der Waals surface area (Å²) in [6.07, 6.45) is 1.87. The zero-order chi connectivity index (χ0) is 16.2. The Hall–Kier alpha value is -2.18. The third kappa shape index (κ3) is 3.78. The molecular formula is C16H13ClFN3OS. The van der Waals surface area contributed by atoms with Crippen LogP contribution in [-0.4, -0.2) is 22.2 Å². The highest BCUT2D eigenvalue weighted by molar-refractivity contribution is 7.13. The van der Waals surface area contributed by atoms with E-state index in [2.05, 4.69) is 10.4 Å². The largest absolute Gasteiger partial charge is 0.350 e. The molecule has 1 aromatic carbocycles. The Bertz CT molecular complexity index is 817. The van der Waals surface area contributed by atoms with Crippen LogP contribution in [0.1, 0.15) is 10.4 Å². The van der Waals surface area contributed by atoms with Crippen molar-refractivity contribution in [3.63, 3.8) is 0 Å². The van der Waals surface area contributed by atoms with Crippen molar-refractivity contribution in [2.24, 2.45) is 0 Å². The van der Waals surface area contributed by atoms with Crippen LogP contribution in [0, 0.1) is 5.82 Å². The molecule has 2 aromatic heterocycles. The van der Waals surface area contributed by atoms with Crippen LogP contribution in [0.3, 0.4) is 0 Å². The number of nitrogens with zero attached hydrogens (tertiary/aromatic N) is 2. The lowest BCUT2D eigenvalue weighted by atomic mass is 10.2. The van der Waals surface area contributed by atoms with E-state index in [9.17, 15) is 9.18 Å². The van der Waals surface area contributed by atoms with Crippen molar-refractivity contribution in [1.82, 2.24) is 15.1 Å². The molecule has 7 heteroatoms. The smallest absolute Gasteiger partial charge is 0.252 e. The zero-order valence-corrected chi connectivity index (χ0v) is 13.6. The Morgan fingerprint density at radius 1 is 1.35 bits per heavy atom. The Morgan fingerprint density at radius 3 is 2.96 bits per heavy atom. The van der Waals surface area contributed by atoms with E-state index in [4.69, 9.17) is 11.6 Å². The molecule has 0 aliphatic rings. The Morgan fingerprint density at radius 2 is 2.22 bits per heavy atom. The topological polar surface area (TPSA) is 46.9 Å². The Balaban J connectivity index is 1.56. The number of rotatable bonds is 5. The van der Waals surface area contributed by atoms with Gasteiger partial charge >= 0.3 is 0 Å². The molecule has 0 saturated heterocycles. The van der Waals surface area contributed by atoms with E-state index in [0.29, 0.717) is 13.1 Å². The lowest BCUT2D eigenvalue weighted by molar-refractivity contribution is 0.0952. The third-order valence-electron chi connectivity index (χ3n) is 3.22. The maximum absolute atomic E-state index is 13.0. The molecule has 0 aliphatic carbocycles. The molecule has 3 rings (SSSR count). The van der Waals surface area contributed by atoms with E-state index < -0.39 is 5.82 Å². The molecule has 0 unspecified atom stereocenters. The molecule has 1 N–H and O–H groups in total. The average molecular weight is 350 g/mol. The fourth-order valence-corrected chi connectivity index (χ4v) is 3.04. The van der Waals surface area contributed by atoms with Gasteiger partial charge in [0.15, 0.2) is 0 Å². The van der Waals surface area contributed by atoms with Crippen molar-refractivity contribution in [2.45, 2.75) is 6.54 Å². The van der Waals surface area contributed by atoms with Gasteiger partial charge < -0.3 is 5.32 Å². The van der Waals surface area contributed by atoms with Crippen molar-refractivity contribution < 1.29 is 9.18 Å². The Labute approximate surface area is 141 Å². The van der Waals surface area contributed by atoms with Crippen molar-refractivity contribution in [2.75, 3.05) is 6.54 Å². The lowest BCUT2D eigenvalue weighted by Crippen LogP contribution is -2.27. The highest BCUT2D eigenvalue weighted by atomic mass is 35.5. The van der Waals surface area contributed by atoms with Crippen molar-refractivity contribution in [1.29, 1.82) is 0 Å². The average Bonchev–Trinajstić information content (AvgIpc) is 3.18. The summed E-state index contributed by atoms with van der Waals surface area (Å²) in [5.41, 5.74) is 1.17. The SMILES string of the molecule is O=C(NCCn1ccc(-c2cccs2)n1)c1ccc(F)cc1Cl. The van der Waals surface area contributed by atoms with Crippen LogP contribution in [0.4, 0.5) is 4.39 Å². The van der Waals surface area contributed by atoms with Gasteiger partial charge in [0, 0.05) is 12.7 Å². The summed E-state index contributed by atoms with van der Waals surface area (Å²) in [5.74, 6) is -0.801. The van der Waals surface area contributed by atoms with Crippen LogP contribution in [0.25, 0.3) is 10.6 Å². The molecule has 2 heterocycles. The predicted molar refractivity (Wildman–Crippen MR) is 89.3 cm³/mol. The second-order valence-electron chi connectivity index (χ2n) is 4.82. The van der Waals surface area contributed by atoms with E-state index in [1.165, 1.54) is 12.1 Å². The van der Waals surface area contributed by atoms with Gasteiger partial charge in [0.2, 0.25) is 0 Å². The van der Waals surface area contributed by atoms with Crippen LogP contribution in [0.2, 0.25) is 5.02 Å². The molecule has 0 radical (unpaired) electrons. The van der Waals surface area contributed by atoms with Gasteiger partial charge in [0.05, 0.1) is 22.0 Å². The minimum atomic E-state index is -0.468. The highest BCUT2D eigenvalue weighted by Crippen LogP contribution is 2.22. The van der Waals surface area contributed by atoms with Gasteiger partial charge in [0.25, 0.3) is 5.91 Å². The number of aromatic nitrogens is 2. The second-order valence-corrected chi connectivity index (χ2v) is 6.18. The summed E-state index contributed by atoms with van der Waals surface area (Å²) in [4.78, 5) is 13.1. The van der Waals surface area contributed by atoms with Gasteiger partial charge in [-0.3, -0.25) is 9.48 Å². The Kier molecular flexibility index (Phi) is 4.73. The van der Waals surface area contributed by atoms with Crippen molar-refractivity contribution in [3.8, 4) is 10.6 Å². The zero-order valence-electron chi connectivity index (χ0n) is 12.0. The van der Waals surface area contributed by atoms with Crippen molar-refractivity contribution >= 4 is 28.8 Å². The maximum Gasteiger partial charge on any atom is 0.252 e. The number of thiophene rings is 1. The van der Waals surface area contributed by atoms with Gasteiger partial charge in [-0.2, -0.15) is 5.10 Å². The van der Waals surface area contributed by atoms with Crippen LogP contribution >= 0.6 is 22.9 Å². The summed E-state index contributed by atoms with van der Waals surface area (Å²) in [7, 11) is 0. The van der Waals surface area contributed by atoms with E-state index in [0.717, 1.165) is 16.6 Å². The first-order valence-electron chi connectivity index (χ1n) is 6.94.